The first-order chi connectivity index (χ1) is 9.16. The molecule has 3 aromatic rings. The number of H-pyrrole nitrogens is 1. The molecular weight excluding hydrogens is 276 g/mol. The lowest BCUT2D eigenvalue weighted by Gasteiger charge is -2.06. The number of aromatic amines is 1. The van der Waals surface area contributed by atoms with Crippen molar-refractivity contribution >= 4 is 23.6 Å². The van der Waals surface area contributed by atoms with E-state index in [0.29, 0.717) is 4.77 Å². The molecule has 3 heterocycles. The average molecular weight is 288 g/mol. The van der Waals surface area contributed by atoms with Gasteiger partial charge in [0.05, 0.1) is 10.6 Å². The summed E-state index contributed by atoms with van der Waals surface area (Å²) in [4.78, 5) is 5.82. The van der Waals surface area contributed by atoms with Crippen molar-refractivity contribution < 1.29 is 0 Å². The predicted molar refractivity (Wildman–Crippen MR) is 79.7 cm³/mol. The van der Waals surface area contributed by atoms with Crippen LogP contribution in [0.5, 0.6) is 0 Å². The first kappa shape index (κ1) is 12.3. The summed E-state index contributed by atoms with van der Waals surface area (Å²) in [6.07, 6.45) is 0. The minimum Gasteiger partial charge on any atom is -0.303 e. The molecule has 0 saturated carbocycles. The van der Waals surface area contributed by atoms with E-state index in [-0.39, 0.29) is 0 Å². The maximum absolute atomic E-state index is 5.13. The smallest absolute Gasteiger partial charge is 0.195 e. The van der Waals surface area contributed by atoms with E-state index in [1.165, 1.54) is 4.88 Å². The van der Waals surface area contributed by atoms with Gasteiger partial charge in [-0.25, -0.2) is 0 Å². The number of aryl methyl sites for hydroxylation is 1. The Kier molecular flexibility index (Phi) is 3.04. The topological polar surface area (TPSA) is 46.5 Å². The molecule has 6 heteroatoms. The molecule has 0 aliphatic carbocycles. The lowest BCUT2D eigenvalue weighted by molar-refractivity contribution is 0.899. The molecule has 96 valence electrons. The van der Waals surface area contributed by atoms with E-state index in [0.717, 1.165) is 22.8 Å². The number of pyridine rings is 1. The summed E-state index contributed by atoms with van der Waals surface area (Å²) in [5, 5.41) is 9.10. The molecule has 0 atom stereocenters. The number of hydrogen-bond acceptors (Lipinski definition) is 4. The van der Waals surface area contributed by atoms with Crippen LogP contribution in [-0.2, 0) is 7.05 Å². The molecule has 3 rings (SSSR count). The maximum atomic E-state index is 5.13. The van der Waals surface area contributed by atoms with Crippen molar-refractivity contribution in [3.63, 3.8) is 0 Å². The van der Waals surface area contributed by atoms with Gasteiger partial charge in [0.2, 0.25) is 0 Å². The molecule has 0 aliphatic heterocycles. The van der Waals surface area contributed by atoms with Crippen LogP contribution in [0.25, 0.3) is 22.0 Å². The summed E-state index contributed by atoms with van der Waals surface area (Å²) in [5.41, 5.74) is 2.94. The molecule has 0 spiro atoms. The van der Waals surface area contributed by atoms with Crippen LogP contribution in [0, 0.1) is 11.7 Å². The third-order valence-corrected chi connectivity index (χ3v) is 4.24. The molecule has 19 heavy (non-hydrogen) atoms. The molecule has 3 aromatic heterocycles. The van der Waals surface area contributed by atoms with Gasteiger partial charge in [0, 0.05) is 18.3 Å². The van der Waals surface area contributed by atoms with Gasteiger partial charge in [-0.05, 0) is 42.7 Å². The predicted octanol–water partition coefficient (Wildman–Crippen LogP) is 3.58. The lowest BCUT2D eigenvalue weighted by atomic mass is 10.1. The third kappa shape index (κ3) is 2.13. The summed E-state index contributed by atoms with van der Waals surface area (Å²) >= 11 is 6.82. The van der Waals surface area contributed by atoms with Gasteiger partial charge in [0.15, 0.2) is 10.6 Å². The standard InChI is InChI=1S/C13H12N4S2/c1-8-9(12-15-16-13(18)17(12)2)5-6-10(14-8)11-4-3-7-19-11/h3-7H,1-2H3,(H,16,18). The minimum atomic E-state index is 0.608. The van der Waals surface area contributed by atoms with Crippen LogP contribution in [0.3, 0.4) is 0 Å². The van der Waals surface area contributed by atoms with Crippen LogP contribution < -0.4 is 0 Å². The summed E-state index contributed by atoms with van der Waals surface area (Å²) in [6.45, 7) is 1.99. The van der Waals surface area contributed by atoms with E-state index < -0.39 is 0 Å². The Morgan fingerprint density at radius 2 is 2.16 bits per heavy atom. The Bertz CT molecular complexity index is 768. The number of nitrogens with zero attached hydrogens (tertiary/aromatic N) is 3. The second-order valence-corrected chi connectivity index (χ2v) is 5.55. The Morgan fingerprint density at radius 1 is 1.32 bits per heavy atom. The van der Waals surface area contributed by atoms with Crippen molar-refractivity contribution in [3.05, 3.63) is 40.1 Å². The quantitative estimate of drug-likeness (QED) is 0.733. The van der Waals surface area contributed by atoms with E-state index in [1.54, 1.807) is 11.3 Å². The van der Waals surface area contributed by atoms with Gasteiger partial charge < -0.3 is 4.57 Å². The van der Waals surface area contributed by atoms with Crippen LogP contribution in [0.15, 0.2) is 29.6 Å². The zero-order valence-electron chi connectivity index (χ0n) is 10.5. The molecule has 0 fully saturated rings. The Morgan fingerprint density at radius 3 is 2.74 bits per heavy atom. The first-order valence-corrected chi connectivity index (χ1v) is 7.09. The highest BCUT2D eigenvalue weighted by Gasteiger charge is 2.11. The highest BCUT2D eigenvalue weighted by atomic mass is 32.1. The molecular formula is C13H12N4S2. The summed E-state index contributed by atoms with van der Waals surface area (Å²) in [6, 6.07) is 8.17. The fourth-order valence-corrected chi connectivity index (χ4v) is 2.77. The van der Waals surface area contributed by atoms with Crippen molar-refractivity contribution in [3.8, 4) is 22.0 Å². The van der Waals surface area contributed by atoms with Crippen molar-refractivity contribution in [1.29, 1.82) is 0 Å². The zero-order valence-corrected chi connectivity index (χ0v) is 12.2. The average Bonchev–Trinajstić information content (AvgIpc) is 3.02. The maximum Gasteiger partial charge on any atom is 0.195 e. The highest BCUT2D eigenvalue weighted by Crippen LogP contribution is 2.27. The van der Waals surface area contributed by atoms with Crippen molar-refractivity contribution in [2.45, 2.75) is 6.92 Å². The zero-order chi connectivity index (χ0) is 13.4. The highest BCUT2D eigenvalue weighted by molar-refractivity contribution is 7.71. The Hall–Kier alpha value is -1.79. The van der Waals surface area contributed by atoms with E-state index in [1.807, 2.05) is 36.7 Å². The molecule has 0 unspecified atom stereocenters. The molecule has 0 amide bonds. The van der Waals surface area contributed by atoms with Crippen LogP contribution in [0.2, 0.25) is 0 Å². The van der Waals surface area contributed by atoms with Crippen LogP contribution in [0.4, 0.5) is 0 Å². The molecule has 1 N–H and O–H groups in total. The minimum absolute atomic E-state index is 0.608. The van der Waals surface area contributed by atoms with E-state index in [9.17, 15) is 0 Å². The fraction of sp³-hybridized carbons (Fsp3) is 0.154. The number of thiophene rings is 1. The summed E-state index contributed by atoms with van der Waals surface area (Å²) < 4.78 is 2.46. The lowest BCUT2D eigenvalue weighted by Crippen LogP contribution is -1.97. The van der Waals surface area contributed by atoms with Gasteiger partial charge in [-0.2, -0.15) is 5.10 Å². The monoisotopic (exact) mass is 288 g/mol. The second-order valence-electron chi connectivity index (χ2n) is 4.22. The molecule has 0 bridgehead atoms. The molecule has 0 saturated heterocycles. The van der Waals surface area contributed by atoms with Crippen molar-refractivity contribution in [2.24, 2.45) is 7.05 Å². The van der Waals surface area contributed by atoms with Gasteiger partial charge in [-0.15, -0.1) is 11.3 Å². The fourth-order valence-electron chi connectivity index (χ4n) is 1.95. The van der Waals surface area contributed by atoms with Crippen LogP contribution in [-0.4, -0.2) is 19.7 Å². The second kappa shape index (κ2) is 4.71. The number of hydrogen-bond donors (Lipinski definition) is 1. The van der Waals surface area contributed by atoms with Crippen molar-refractivity contribution in [1.82, 2.24) is 19.7 Å². The van der Waals surface area contributed by atoms with Crippen LogP contribution >= 0.6 is 23.6 Å². The number of nitrogens with one attached hydrogen (secondary N) is 1. The summed E-state index contributed by atoms with van der Waals surface area (Å²) in [7, 11) is 1.90. The Balaban J connectivity index is 2.10. The van der Waals surface area contributed by atoms with Gasteiger partial charge in [-0.1, -0.05) is 6.07 Å². The van der Waals surface area contributed by atoms with Gasteiger partial charge >= 0.3 is 0 Å². The van der Waals surface area contributed by atoms with Gasteiger partial charge in [0.25, 0.3) is 0 Å². The van der Waals surface area contributed by atoms with E-state index >= 15 is 0 Å². The van der Waals surface area contributed by atoms with E-state index in [4.69, 9.17) is 12.2 Å². The summed E-state index contributed by atoms with van der Waals surface area (Å²) in [5.74, 6) is 0.813. The van der Waals surface area contributed by atoms with Crippen LogP contribution in [0.1, 0.15) is 5.69 Å². The normalized spacial score (nSPS) is 10.8. The number of rotatable bonds is 2. The van der Waals surface area contributed by atoms with Crippen molar-refractivity contribution in [2.75, 3.05) is 0 Å². The molecule has 0 radical (unpaired) electrons. The van der Waals surface area contributed by atoms with E-state index in [2.05, 4.69) is 26.6 Å². The molecule has 4 nitrogen and oxygen atoms in total. The first-order valence-electron chi connectivity index (χ1n) is 5.80. The van der Waals surface area contributed by atoms with Gasteiger partial charge in [0.1, 0.15) is 0 Å². The third-order valence-electron chi connectivity index (χ3n) is 2.98. The van der Waals surface area contributed by atoms with Gasteiger partial charge in [-0.3, -0.25) is 10.1 Å². The number of aromatic nitrogens is 4. The molecule has 0 aromatic carbocycles. The SMILES string of the molecule is Cc1nc(-c2cccs2)ccc1-c1n[nH]c(=S)n1C. The Labute approximate surface area is 119 Å². The molecule has 0 aliphatic rings. The largest absolute Gasteiger partial charge is 0.303 e.